The molecule has 3 aliphatic rings. The molecule has 1 aliphatic carbocycles. The van der Waals surface area contributed by atoms with E-state index in [-0.39, 0.29) is 12.2 Å². The van der Waals surface area contributed by atoms with Gasteiger partial charge in [0.25, 0.3) is 0 Å². The van der Waals surface area contributed by atoms with E-state index in [9.17, 15) is 0 Å². The van der Waals surface area contributed by atoms with Crippen molar-refractivity contribution in [2.75, 3.05) is 0 Å². The average molecular weight is 493 g/mol. The van der Waals surface area contributed by atoms with Crippen LogP contribution < -0.4 is 0 Å². The molecular weight excluding hydrogens is 464 g/mol. The van der Waals surface area contributed by atoms with Crippen molar-refractivity contribution in [3.8, 4) is 23.0 Å². The molecule has 2 aliphatic heterocycles. The number of benzene rings is 5. The zero-order chi connectivity index (χ0) is 25.6. The summed E-state index contributed by atoms with van der Waals surface area (Å²) in [6.07, 6.45) is 1.29. The normalized spacial score (nSPS) is 17.0. The standard InChI is InChI=1S/C36H28O2/c1-3-24-15-12-16-25(4-2)31(24)32-27-18-9-8-17-26(27)28(22-21-23-13-6-5-7-14-23)33-34(32)36-30-20-11-10-19-29(30)35(33)37-38-36/h5-20,35-36H,3-4H2,1-2H3. The minimum atomic E-state index is -0.325. The lowest BCUT2D eigenvalue weighted by atomic mass is 9.72. The summed E-state index contributed by atoms with van der Waals surface area (Å²) in [5.41, 5.74) is 12.0. The summed E-state index contributed by atoms with van der Waals surface area (Å²) in [6, 6.07) is 34.2. The minimum Gasteiger partial charge on any atom is -0.223 e. The molecule has 0 aromatic heterocycles. The minimum absolute atomic E-state index is 0.308. The predicted octanol–water partition coefficient (Wildman–Crippen LogP) is 8.49. The first-order valence-corrected chi connectivity index (χ1v) is 13.5. The number of hydrogen-bond donors (Lipinski definition) is 0. The van der Waals surface area contributed by atoms with Crippen LogP contribution in [0.4, 0.5) is 0 Å². The SMILES string of the molecule is CCc1cccc(CC)c1-c1c2c(c(C#Cc3ccccc3)c3ccccc13)C1OOC2c2ccccc21. The Morgan fingerprint density at radius 2 is 1.13 bits per heavy atom. The molecule has 0 saturated heterocycles. The molecule has 2 nitrogen and oxygen atoms in total. The number of hydrogen-bond acceptors (Lipinski definition) is 2. The second-order valence-corrected chi connectivity index (χ2v) is 9.98. The van der Waals surface area contributed by atoms with E-state index in [4.69, 9.17) is 9.78 Å². The van der Waals surface area contributed by atoms with E-state index in [0.29, 0.717) is 0 Å². The van der Waals surface area contributed by atoms with Crippen LogP contribution >= 0.6 is 0 Å². The summed E-state index contributed by atoms with van der Waals surface area (Å²) >= 11 is 0. The van der Waals surface area contributed by atoms with E-state index in [1.165, 1.54) is 44.3 Å². The van der Waals surface area contributed by atoms with Crippen LogP contribution in [0.15, 0.2) is 97.1 Å². The summed E-state index contributed by atoms with van der Waals surface area (Å²) < 4.78 is 0. The quantitative estimate of drug-likeness (QED) is 0.186. The second-order valence-electron chi connectivity index (χ2n) is 9.98. The van der Waals surface area contributed by atoms with Crippen molar-refractivity contribution < 1.29 is 9.78 Å². The van der Waals surface area contributed by atoms with Crippen LogP contribution in [0, 0.1) is 11.8 Å². The Bertz CT molecular complexity index is 1730. The molecule has 2 heterocycles. The molecule has 5 aromatic rings. The first-order chi connectivity index (χ1) is 18.8. The molecule has 2 atom stereocenters. The van der Waals surface area contributed by atoms with Crippen molar-refractivity contribution in [3.63, 3.8) is 0 Å². The summed E-state index contributed by atoms with van der Waals surface area (Å²) in [4.78, 5) is 12.3. The van der Waals surface area contributed by atoms with Gasteiger partial charge in [0.2, 0.25) is 0 Å². The number of fused-ring (bicyclic) bond motifs is 2. The molecule has 38 heavy (non-hydrogen) atoms. The zero-order valence-electron chi connectivity index (χ0n) is 21.6. The lowest BCUT2D eigenvalue weighted by Crippen LogP contribution is -2.30. The molecule has 8 rings (SSSR count). The molecule has 5 aromatic carbocycles. The Hall–Kier alpha value is -4.16. The van der Waals surface area contributed by atoms with Crippen LogP contribution in [0.5, 0.6) is 0 Å². The third-order valence-electron chi connectivity index (χ3n) is 7.98. The van der Waals surface area contributed by atoms with Crippen molar-refractivity contribution in [3.05, 3.63) is 142 Å². The van der Waals surface area contributed by atoms with E-state index in [1.54, 1.807) is 0 Å². The van der Waals surface area contributed by atoms with Gasteiger partial charge in [-0.25, -0.2) is 9.78 Å². The maximum Gasteiger partial charge on any atom is 0.145 e. The summed E-state index contributed by atoms with van der Waals surface area (Å²) in [5, 5.41) is 2.37. The van der Waals surface area contributed by atoms with Crippen LogP contribution in [0.3, 0.4) is 0 Å². The third kappa shape index (κ3) is 3.44. The van der Waals surface area contributed by atoms with E-state index < -0.39 is 0 Å². The van der Waals surface area contributed by atoms with Crippen molar-refractivity contribution in [1.82, 2.24) is 0 Å². The number of aryl methyl sites for hydroxylation is 2. The molecular formula is C36H28O2. The van der Waals surface area contributed by atoms with Gasteiger partial charge in [-0.3, -0.25) is 0 Å². The largest absolute Gasteiger partial charge is 0.223 e. The van der Waals surface area contributed by atoms with Crippen molar-refractivity contribution in [2.45, 2.75) is 38.9 Å². The van der Waals surface area contributed by atoms with Crippen LogP contribution in [-0.2, 0) is 22.6 Å². The highest BCUT2D eigenvalue weighted by Crippen LogP contribution is 2.56. The highest BCUT2D eigenvalue weighted by molar-refractivity contribution is 6.05. The van der Waals surface area contributed by atoms with E-state index in [1.807, 2.05) is 18.2 Å². The Balaban J connectivity index is 1.64. The lowest BCUT2D eigenvalue weighted by Gasteiger charge is -2.41. The Labute approximate surface area is 223 Å². The average Bonchev–Trinajstić information content (AvgIpc) is 2.99. The van der Waals surface area contributed by atoms with Gasteiger partial charge in [-0.05, 0) is 69.1 Å². The Morgan fingerprint density at radius 3 is 1.79 bits per heavy atom. The van der Waals surface area contributed by atoms with Crippen LogP contribution in [-0.4, -0.2) is 0 Å². The van der Waals surface area contributed by atoms with Crippen LogP contribution in [0.2, 0.25) is 0 Å². The van der Waals surface area contributed by atoms with Gasteiger partial charge in [0.1, 0.15) is 12.2 Å². The van der Waals surface area contributed by atoms with Crippen LogP contribution in [0.1, 0.15) is 70.6 Å². The van der Waals surface area contributed by atoms with Crippen molar-refractivity contribution in [2.24, 2.45) is 0 Å². The highest BCUT2D eigenvalue weighted by atomic mass is 17.2. The van der Waals surface area contributed by atoms with Gasteiger partial charge >= 0.3 is 0 Å². The first kappa shape index (κ1) is 23.0. The smallest absolute Gasteiger partial charge is 0.145 e. The summed E-state index contributed by atoms with van der Waals surface area (Å²) in [5.74, 6) is 7.04. The molecule has 0 fully saturated rings. The van der Waals surface area contributed by atoms with E-state index >= 15 is 0 Å². The van der Waals surface area contributed by atoms with Gasteiger partial charge in [-0.1, -0.05) is 111 Å². The maximum absolute atomic E-state index is 6.16. The number of rotatable bonds is 3. The first-order valence-electron chi connectivity index (χ1n) is 13.5. The Kier molecular flexibility index (Phi) is 5.63. The van der Waals surface area contributed by atoms with Crippen LogP contribution in [0.25, 0.3) is 21.9 Å². The third-order valence-corrected chi connectivity index (χ3v) is 7.98. The highest BCUT2D eigenvalue weighted by Gasteiger charge is 2.44. The fraction of sp³-hybridized carbons (Fsp3) is 0.167. The van der Waals surface area contributed by atoms with Gasteiger partial charge in [0.15, 0.2) is 0 Å². The lowest BCUT2D eigenvalue weighted by molar-refractivity contribution is -0.360. The molecule has 0 amide bonds. The molecule has 0 saturated carbocycles. The maximum atomic E-state index is 6.16. The topological polar surface area (TPSA) is 18.5 Å². The van der Waals surface area contributed by atoms with E-state index in [0.717, 1.165) is 34.9 Å². The molecule has 0 N–H and O–H groups in total. The molecule has 184 valence electrons. The monoisotopic (exact) mass is 492 g/mol. The Morgan fingerprint density at radius 1 is 0.553 bits per heavy atom. The molecule has 2 heteroatoms. The van der Waals surface area contributed by atoms with Gasteiger partial charge in [-0.15, -0.1) is 0 Å². The molecule has 2 unspecified atom stereocenters. The fourth-order valence-electron chi connectivity index (χ4n) is 6.26. The zero-order valence-corrected chi connectivity index (χ0v) is 21.6. The molecule has 0 radical (unpaired) electrons. The van der Waals surface area contributed by atoms with Crippen molar-refractivity contribution in [1.29, 1.82) is 0 Å². The molecule has 0 spiro atoms. The summed E-state index contributed by atoms with van der Waals surface area (Å²) in [7, 11) is 0. The van der Waals surface area contributed by atoms with Gasteiger partial charge < -0.3 is 0 Å². The van der Waals surface area contributed by atoms with E-state index in [2.05, 4.69) is 105 Å². The predicted molar refractivity (Wildman–Crippen MR) is 153 cm³/mol. The second kappa shape index (κ2) is 9.30. The van der Waals surface area contributed by atoms with Gasteiger partial charge in [-0.2, -0.15) is 0 Å². The molecule has 2 bridgehead atoms. The van der Waals surface area contributed by atoms with Gasteiger partial charge in [0, 0.05) is 22.3 Å². The van der Waals surface area contributed by atoms with Gasteiger partial charge in [0.05, 0.1) is 0 Å². The van der Waals surface area contributed by atoms with Crippen molar-refractivity contribution >= 4 is 10.8 Å². The summed E-state index contributed by atoms with van der Waals surface area (Å²) in [6.45, 7) is 4.49. The fourth-order valence-corrected chi connectivity index (χ4v) is 6.26.